The highest BCUT2D eigenvalue weighted by molar-refractivity contribution is 7.80. The fourth-order valence-corrected chi connectivity index (χ4v) is 2.47. The molecule has 0 aliphatic carbocycles. The number of carboxylic acid groups (broad SMARTS) is 4. The van der Waals surface area contributed by atoms with Gasteiger partial charge in [-0.05, 0) is 6.42 Å². The minimum absolute atomic E-state index is 0.318. The van der Waals surface area contributed by atoms with Crippen LogP contribution in [0.25, 0.3) is 0 Å². The molecule has 9 N–H and O–H groups in total. The Hall–Kier alpha value is -3.40. The molecule has 32 heavy (non-hydrogen) atoms. The Morgan fingerprint density at radius 2 is 1.16 bits per heavy atom. The van der Waals surface area contributed by atoms with E-state index in [1.165, 1.54) is 0 Å². The van der Waals surface area contributed by atoms with Crippen molar-refractivity contribution in [2.24, 2.45) is 5.73 Å². The van der Waals surface area contributed by atoms with Crippen LogP contribution in [0.3, 0.4) is 0 Å². The maximum absolute atomic E-state index is 12.4. The molecule has 0 rings (SSSR count). The maximum atomic E-state index is 12.4. The Bertz CT molecular complexity index is 760. The highest BCUT2D eigenvalue weighted by atomic mass is 32.1. The molecule has 0 radical (unpaired) electrons. The zero-order valence-corrected chi connectivity index (χ0v) is 17.4. The minimum Gasteiger partial charge on any atom is -0.481 e. The number of hydrogen-bond acceptors (Lipinski definition) is 9. The van der Waals surface area contributed by atoms with Crippen LogP contribution < -0.4 is 21.7 Å². The molecule has 0 spiro atoms. The number of carboxylic acids is 4. The van der Waals surface area contributed by atoms with Crippen LogP contribution in [0.2, 0.25) is 0 Å². The normalized spacial score (nSPS) is 14.2. The van der Waals surface area contributed by atoms with Gasteiger partial charge in [0.25, 0.3) is 0 Å². The largest absolute Gasteiger partial charge is 0.481 e. The summed E-state index contributed by atoms with van der Waals surface area (Å²) in [5, 5.41) is 41.4. The lowest BCUT2D eigenvalue weighted by Gasteiger charge is -2.24. The van der Waals surface area contributed by atoms with E-state index in [-0.39, 0.29) is 5.75 Å². The van der Waals surface area contributed by atoms with Crippen molar-refractivity contribution in [1.82, 2.24) is 16.0 Å². The minimum atomic E-state index is -1.85. The molecule has 0 saturated carbocycles. The smallest absolute Gasteiger partial charge is 0.326 e. The van der Waals surface area contributed by atoms with Crippen LogP contribution >= 0.6 is 12.6 Å². The SMILES string of the molecule is NC(CC(=O)O)C(=O)NC(CS)C(=O)NC(CCC(=O)O)C(=O)NC(CC(=O)O)C(=O)O. The Labute approximate surface area is 186 Å². The molecular formula is C16H24N4O11S. The third-order valence-corrected chi connectivity index (χ3v) is 4.19. The van der Waals surface area contributed by atoms with Crippen LogP contribution in [0.4, 0.5) is 0 Å². The summed E-state index contributed by atoms with van der Waals surface area (Å²) in [7, 11) is 0. The van der Waals surface area contributed by atoms with Crippen LogP contribution in [-0.4, -0.2) is 91.9 Å². The maximum Gasteiger partial charge on any atom is 0.326 e. The molecule has 0 saturated heterocycles. The van der Waals surface area contributed by atoms with E-state index in [1.807, 2.05) is 5.32 Å². The van der Waals surface area contributed by atoms with Crippen molar-refractivity contribution < 1.29 is 54.0 Å². The third-order valence-electron chi connectivity index (χ3n) is 3.82. The van der Waals surface area contributed by atoms with Crippen molar-refractivity contribution in [3.63, 3.8) is 0 Å². The molecule has 0 bridgehead atoms. The predicted molar refractivity (Wildman–Crippen MR) is 107 cm³/mol. The number of rotatable bonds is 15. The first-order valence-corrected chi connectivity index (χ1v) is 9.57. The number of amides is 3. The Kier molecular flexibility index (Phi) is 12.3. The van der Waals surface area contributed by atoms with Crippen molar-refractivity contribution >= 4 is 54.2 Å². The van der Waals surface area contributed by atoms with Crippen LogP contribution in [-0.2, 0) is 33.6 Å². The monoisotopic (exact) mass is 480 g/mol. The second-order valence-electron chi connectivity index (χ2n) is 6.44. The molecule has 4 atom stereocenters. The molecular weight excluding hydrogens is 456 g/mol. The van der Waals surface area contributed by atoms with E-state index in [2.05, 4.69) is 23.3 Å². The molecule has 0 aliphatic rings. The van der Waals surface area contributed by atoms with Gasteiger partial charge in [-0.1, -0.05) is 0 Å². The molecule has 16 heteroatoms. The Morgan fingerprint density at radius 1 is 0.688 bits per heavy atom. The van der Waals surface area contributed by atoms with Crippen LogP contribution in [0.5, 0.6) is 0 Å². The quantitative estimate of drug-likeness (QED) is 0.104. The summed E-state index contributed by atoms with van der Waals surface area (Å²) in [6.07, 6.45) is -2.80. The van der Waals surface area contributed by atoms with E-state index < -0.39 is 91.4 Å². The van der Waals surface area contributed by atoms with Gasteiger partial charge in [0.1, 0.15) is 18.1 Å². The van der Waals surface area contributed by atoms with Crippen molar-refractivity contribution in [2.45, 2.75) is 49.9 Å². The fraction of sp³-hybridized carbons (Fsp3) is 0.562. The first-order chi connectivity index (χ1) is 14.8. The molecule has 0 aromatic carbocycles. The van der Waals surface area contributed by atoms with Gasteiger partial charge in [-0.2, -0.15) is 12.6 Å². The molecule has 4 unspecified atom stereocenters. The Balaban J connectivity index is 5.37. The second kappa shape index (κ2) is 13.8. The number of nitrogens with one attached hydrogen (secondary N) is 3. The van der Waals surface area contributed by atoms with Gasteiger partial charge in [0.05, 0.1) is 18.9 Å². The highest BCUT2D eigenvalue weighted by Crippen LogP contribution is 2.03. The third kappa shape index (κ3) is 11.1. The molecule has 0 heterocycles. The van der Waals surface area contributed by atoms with Crippen molar-refractivity contribution in [3.05, 3.63) is 0 Å². The van der Waals surface area contributed by atoms with E-state index >= 15 is 0 Å². The van der Waals surface area contributed by atoms with Gasteiger partial charge < -0.3 is 42.1 Å². The number of thiol groups is 1. The average Bonchev–Trinajstić information content (AvgIpc) is 2.66. The number of nitrogens with two attached hydrogens (primary N) is 1. The van der Waals surface area contributed by atoms with Gasteiger partial charge in [0.2, 0.25) is 17.7 Å². The van der Waals surface area contributed by atoms with E-state index in [4.69, 9.17) is 26.2 Å². The molecule has 15 nitrogen and oxygen atoms in total. The van der Waals surface area contributed by atoms with Crippen LogP contribution in [0.15, 0.2) is 0 Å². The van der Waals surface area contributed by atoms with Gasteiger partial charge in [-0.25, -0.2) is 4.79 Å². The lowest BCUT2D eigenvalue weighted by atomic mass is 10.1. The lowest BCUT2D eigenvalue weighted by Crippen LogP contribution is -2.58. The van der Waals surface area contributed by atoms with E-state index in [9.17, 15) is 33.6 Å². The van der Waals surface area contributed by atoms with E-state index in [1.54, 1.807) is 0 Å². The van der Waals surface area contributed by atoms with Gasteiger partial charge in [-0.3, -0.25) is 28.8 Å². The summed E-state index contributed by atoms with van der Waals surface area (Å²) in [6.45, 7) is 0. The zero-order chi connectivity index (χ0) is 25.0. The van der Waals surface area contributed by atoms with Gasteiger partial charge >= 0.3 is 23.9 Å². The molecule has 0 aliphatic heterocycles. The van der Waals surface area contributed by atoms with E-state index in [0.717, 1.165) is 0 Å². The summed E-state index contributed by atoms with van der Waals surface area (Å²) >= 11 is 3.88. The summed E-state index contributed by atoms with van der Waals surface area (Å²) in [5.74, 6) is -9.40. The number of carbonyl (C=O) groups is 7. The predicted octanol–water partition coefficient (Wildman–Crippen LogP) is -3.40. The average molecular weight is 480 g/mol. The molecule has 3 amide bonds. The highest BCUT2D eigenvalue weighted by Gasteiger charge is 2.31. The summed E-state index contributed by atoms with van der Waals surface area (Å²) < 4.78 is 0. The molecule has 180 valence electrons. The second-order valence-corrected chi connectivity index (χ2v) is 6.80. The van der Waals surface area contributed by atoms with Crippen LogP contribution in [0, 0.1) is 0 Å². The van der Waals surface area contributed by atoms with Crippen molar-refractivity contribution in [3.8, 4) is 0 Å². The van der Waals surface area contributed by atoms with E-state index in [0.29, 0.717) is 0 Å². The topological polar surface area (TPSA) is 263 Å². The molecule has 0 aromatic heterocycles. The summed E-state index contributed by atoms with van der Waals surface area (Å²) in [6, 6.07) is -6.33. The number of carbonyl (C=O) groups excluding carboxylic acids is 3. The van der Waals surface area contributed by atoms with Crippen LogP contribution in [0.1, 0.15) is 25.7 Å². The van der Waals surface area contributed by atoms with Gasteiger partial charge in [-0.15, -0.1) is 0 Å². The van der Waals surface area contributed by atoms with Crippen molar-refractivity contribution in [1.29, 1.82) is 0 Å². The van der Waals surface area contributed by atoms with Gasteiger partial charge in [0, 0.05) is 12.2 Å². The number of aliphatic carboxylic acids is 4. The molecule has 0 aromatic rings. The fourth-order valence-electron chi connectivity index (χ4n) is 2.21. The summed E-state index contributed by atoms with van der Waals surface area (Å²) in [4.78, 5) is 80.1. The molecule has 0 fully saturated rings. The first-order valence-electron chi connectivity index (χ1n) is 8.94. The van der Waals surface area contributed by atoms with Crippen molar-refractivity contribution in [2.75, 3.05) is 5.75 Å². The zero-order valence-electron chi connectivity index (χ0n) is 16.5. The summed E-state index contributed by atoms with van der Waals surface area (Å²) in [5.41, 5.74) is 5.39. The lowest BCUT2D eigenvalue weighted by molar-refractivity contribution is -0.147. The Morgan fingerprint density at radius 3 is 1.59 bits per heavy atom. The standard InChI is InChI=1S/C16H24N4O11S/c17-6(3-11(23)24)13(27)20-9(5-32)15(29)18-7(1-2-10(21)22)14(28)19-8(16(30)31)4-12(25)26/h6-9,32H,1-5,17H2,(H,18,29)(H,19,28)(H,20,27)(H,21,22)(H,23,24)(H,25,26)(H,30,31). The first kappa shape index (κ1) is 28.6. The van der Waals surface area contributed by atoms with Gasteiger partial charge in [0.15, 0.2) is 0 Å². The number of hydrogen-bond donors (Lipinski definition) is 9.